The molecule has 146 valence electrons. The van der Waals surface area contributed by atoms with E-state index in [4.69, 9.17) is 0 Å². The minimum Gasteiger partial charge on any atom is -0.320 e. The van der Waals surface area contributed by atoms with Crippen LogP contribution in [0.5, 0.6) is 0 Å². The van der Waals surface area contributed by atoms with Crippen molar-refractivity contribution in [2.45, 2.75) is 13.1 Å². The van der Waals surface area contributed by atoms with Gasteiger partial charge in [0.1, 0.15) is 5.56 Å². The predicted molar refractivity (Wildman–Crippen MR) is 100 cm³/mol. The maximum atomic E-state index is 13.4. The lowest BCUT2D eigenvalue weighted by Crippen LogP contribution is -2.12. The Hall–Kier alpha value is -3.75. The van der Waals surface area contributed by atoms with E-state index in [9.17, 15) is 18.0 Å². The average molecular weight is 397 g/mol. The van der Waals surface area contributed by atoms with Crippen LogP contribution in [0.3, 0.4) is 0 Å². The molecule has 3 heterocycles. The van der Waals surface area contributed by atoms with Crippen molar-refractivity contribution in [1.82, 2.24) is 19.6 Å². The Morgan fingerprint density at radius 3 is 2.66 bits per heavy atom. The molecule has 3 aromatic heterocycles. The molecule has 1 N–H and O–H groups in total. The Bertz CT molecular complexity index is 1220. The second-order valence-corrected chi connectivity index (χ2v) is 6.39. The van der Waals surface area contributed by atoms with Gasteiger partial charge >= 0.3 is 6.18 Å². The minimum absolute atomic E-state index is 0.0713. The number of carbonyl (C=O) groups excluding carboxylic acids is 1. The molecular weight excluding hydrogens is 383 g/mol. The van der Waals surface area contributed by atoms with E-state index in [1.165, 1.54) is 47.4 Å². The highest BCUT2D eigenvalue weighted by Crippen LogP contribution is 2.36. The number of pyridine rings is 1. The number of aromatic nitrogens is 4. The molecular formula is C20H14F3N5O. The van der Waals surface area contributed by atoms with Gasteiger partial charge in [0.15, 0.2) is 5.65 Å². The molecule has 0 spiro atoms. The molecule has 0 unspecified atom stereocenters. The molecule has 6 nitrogen and oxygen atoms in total. The van der Waals surface area contributed by atoms with Crippen LogP contribution in [0.2, 0.25) is 0 Å². The summed E-state index contributed by atoms with van der Waals surface area (Å²) in [4.78, 5) is 21.0. The van der Waals surface area contributed by atoms with E-state index >= 15 is 0 Å². The molecule has 4 aromatic rings. The summed E-state index contributed by atoms with van der Waals surface area (Å²) in [6.07, 6.45) is 1.41. The molecule has 1 amide bonds. The van der Waals surface area contributed by atoms with Crippen LogP contribution in [0.1, 0.15) is 21.5 Å². The van der Waals surface area contributed by atoms with Crippen LogP contribution in [0.15, 0.2) is 61.2 Å². The molecule has 0 aliphatic carbocycles. The summed E-state index contributed by atoms with van der Waals surface area (Å²) in [5.41, 5.74) is 0.874. The van der Waals surface area contributed by atoms with E-state index in [1.54, 1.807) is 12.3 Å². The Kier molecular flexibility index (Phi) is 4.50. The normalized spacial score (nSPS) is 11.6. The second-order valence-electron chi connectivity index (χ2n) is 6.39. The number of hydrogen-bond donors (Lipinski definition) is 1. The molecule has 0 aliphatic heterocycles. The van der Waals surface area contributed by atoms with E-state index in [0.717, 1.165) is 11.6 Å². The van der Waals surface area contributed by atoms with Crippen molar-refractivity contribution >= 4 is 17.2 Å². The molecule has 0 bridgehead atoms. The largest absolute Gasteiger partial charge is 0.417 e. The molecule has 0 aliphatic rings. The third-order valence-electron chi connectivity index (χ3n) is 4.25. The van der Waals surface area contributed by atoms with Gasteiger partial charge in [0.2, 0.25) is 0 Å². The highest BCUT2D eigenvalue weighted by atomic mass is 19.4. The molecule has 0 saturated carbocycles. The first kappa shape index (κ1) is 18.6. The van der Waals surface area contributed by atoms with E-state index in [0.29, 0.717) is 5.69 Å². The van der Waals surface area contributed by atoms with Crippen LogP contribution in [0, 0.1) is 6.92 Å². The Labute approximate surface area is 163 Å². The molecule has 0 saturated heterocycles. The van der Waals surface area contributed by atoms with E-state index in [2.05, 4.69) is 20.4 Å². The van der Waals surface area contributed by atoms with Crippen molar-refractivity contribution < 1.29 is 18.0 Å². The first-order valence-corrected chi connectivity index (χ1v) is 8.57. The molecule has 4 rings (SSSR count). The van der Waals surface area contributed by atoms with Crippen LogP contribution in [-0.2, 0) is 6.18 Å². The lowest BCUT2D eigenvalue weighted by Gasteiger charge is -2.12. The predicted octanol–water partition coefficient (Wildman–Crippen LogP) is 4.37. The monoisotopic (exact) mass is 397 g/mol. The summed E-state index contributed by atoms with van der Waals surface area (Å²) >= 11 is 0. The molecule has 0 fully saturated rings. The molecule has 1 aromatic carbocycles. The van der Waals surface area contributed by atoms with Crippen molar-refractivity contribution in [3.05, 3.63) is 77.9 Å². The number of amides is 1. The number of aryl methyl sites for hydroxylation is 1. The van der Waals surface area contributed by atoms with Gasteiger partial charge in [0.25, 0.3) is 5.91 Å². The quantitative estimate of drug-likeness (QED) is 0.557. The van der Waals surface area contributed by atoms with E-state index in [1.807, 2.05) is 6.92 Å². The summed E-state index contributed by atoms with van der Waals surface area (Å²) < 4.78 is 41.4. The third-order valence-corrected chi connectivity index (χ3v) is 4.25. The fraction of sp³-hybridized carbons (Fsp3) is 0.100. The average Bonchev–Trinajstić information content (AvgIpc) is 3.10. The van der Waals surface area contributed by atoms with E-state index < -0.39 is 17.6 Å². The minimum atomic E-state index is -4.52. The van der Waals surface area contributed by atoms with Gasteiger partial charge in [-0.1, -0.05) is 18.2 Å². The number of hydrogen-bond acceptors (Lipinski definition) is 4. The molecule has 29 heavy (non-hydrogen) atoms. The number of nitrogens with one attached hydrogen (secondary N) is 1. The van der Waals surface area contributed by atoms with Gasteiger partial charge < -0.3 is 5.32 Å². The van der Waals surface area contributed by atoms with Crippen LogP contribution in [-0.4, -0.2) is 25.5 Å². The van der Waals surface area contributed by atoms with Gasteiger partial charge in [-0.3, -0.25) is 9.78 Å². The van der Waals surface area contributed by atoms with Gasteiger partial charge in [0.05, 0.1) is 29.3 Å². The first-order valence-electron chi connectivity index (χ1n) is 8.57. The first-order chi connectivity index (χ1) is 13.8. The fourth-order valence-corrected chi connectivity index (χ4v) is 2.95. The Morgan fingerprint density at radius 2 is 1.90 bits per heavy atom. The lowest BCUT2D eigenvalue weighted by molar-refractivity contribution is -0.137. The molecule has 0 atom stereocenters. The molecule has 9 heteroatoms. The fourth-order valence-electron chi connectivity index (χ4n) is 2.95. The molecule has 0 radical (unpaired) electrons. The maximum Gasteiger partial charge on any atom is 0.417 e. The third kappa shape index (κ3) is 3.66. The second kappa shape index (κ2) is 7.01. The maximum absolute atomic E-state index is 13.4. The van der Waals surface area contributed by atoms with Crippen LogP contribution < -0.4 is 5.32 Å². The SMILES string of the molecule is Cc1cncc(NC(=O)c2cnn3ccc(-c4ccccc4C(F)(F)F)nc23)c1. The summed E-state index contributed by atoms with van der Waals surface area (Å²) in [7, 11) is 0. The van der Waals surface area contributed by atoms with Crippen LogP contribution in [0.4, 0.5) is 18.9 Å². The van der Waals surface area contributed by atoms with Gasteiger partial charge in [-0.2, -0.15) is 18.3 Å². The zero-order chi connectivity index (χ0) is 20.6. The Morgan fingerprint density at radius 1 is 1.10 bits per heavy atom. The van der Waals surface area contributed by atoms with Crippen molar-refractivity contribution in [2.24, 2.45) is 0 Å². The lowest BCUT2D eigenvalue weighted by atomic mass is 10.0. The summed E-state index contributed by atoms with van der Waals surface area (Å²) in [6, 6.07) is 8.33. The zero-order valence-electron chi connectivity index (χ0n) is 15.1. The summed E-state index contributed by atoms with van der Waals surface area (Å²) in [5, 5.41) is 6.76. The highest BCUT2D eigenvalue weighted by molar-refractivity contribution is 6.08. The van der Waals surface area contributed by atoms with Crippen LogP contribution in [0.25, 0.3) is 16.9 Å². The summed E-state index contributed by atoms with van der Waals surface area (Å²) in [5.74, 6) is -0.485. The number of rotatable bonds is 3. The van der Waals surface area contributed by atoms with Gasteiger partial charge in [-0.15, -0.1) is 0 Å². The smallest absolute Gasteiger partial charge is 0.320 e. The van der Waals surface area contributed by atoms with Crippen LogP contribution >= 0.6 is 0 Å². The summed E-state index contributed by atoms with van der Waals surface area (Å²) in [6.45, 7) is 1.84. The van der Waals surface area contributed by atoms with Crippen molar-refractivity contribution in [3.63, 3.8) is 0 Å². The van der Waals surface area contributed by atoms with Gasteiger partial charge in [-0.05, 0) is 30.7 Å². The van der Waals surface area contributed by atoms with Crippen molar-refractivity contribution in [1.29, 1.82) is 0 Å². The number of benzene rings is 1. The number of alkyl halides is 3. The number of anilines is 1. The van der Waals surface area contributed by atoms with Gasteiger partial charge in [-0.25, -0.2) is 9.50 Å². The topological polar surface area (TPSA) is 72.2 Å². The van der Waals surface area contributed by atoms with Crippen molar-refractivity contribution in [3.8, 4) is 11.3 Å². The number of carbonyl (C=O) groups is 1. The van der Waals surface area contributed by atoms with Crippen molar-refractivity contribution in [2.75, 3.05) is 5.32 Å². The zero-order valence-corrected chi connectivity index (χ0v) is 15.1. The Balaban J connectivity index is 1.75. The number of fused-ring (bicyclic) bond motifs is 1. The van der Waals surface area contributed by atoms with Gasteiger partial charge in [0, 0.05) is 18.0 Å². The standard InChI is InChI=1S/C20H14F3N5O/c1-12-8-13(10-24-9-12)26-19(29)15-11-25-28-7-6-17(27-18(15)28)14-4-2-3-5-16(14)20(21,22)23/h2-11H,1H3,(H,26,29). The van der Waals surface area contributed by atoms with E-state index in [-0.39, 0.29) is 22.5 Å². The highest BCUT2D eigenvalue weighted by Gasteiger charge is 2.33. The number of halogens is 3. The number of nitrogens with zero attached hydrogens (tertiary/aromatic N) is 4.